The first-order valence-electron chi connectivity index (χ1n) is 4.35. The van der Waals surface area contributed by atoms with E-state index in [9.17, 15) is 9.59 Å². The molecule has 0 aliphatic rings. The van der Waals surface area contributed by atoms with Crippen molar-refractivity contribution in [2.24, 2.45) is 0 Å². The first-order chi connectivity index (χ1) is 5.75. The molecule has 4 heteroatoms. The van der Waals surface area contributed by atoms with Gasteiger partial charge in [0.15, 0.2) is 0 Å². The monoisotopic (exact) mass is 186 g/mol. The largest absolute Gasteiger partial charge is 0.352 e. The number of hydrogen-bond donors (Lipinski definition) is 2. The van der Waals surface area contributed by atoms with Gasteiger partial charge in [-0.05, 0) is 27.7 Å². The van der Waals surface area contributed by atoms with Gasteiger partial charge in [-0.3, -0.25) is 9.59 Å². The summed E-state index contributed by atoms with van der Waals surface area (Å²) in [4.78, 5) is 22.2. The van der Waals surface area contributed by atoms with E-state index in [0.717, 1.165) is 0 Å². The Labute approximate surface area is 79.1 Å². The van der Waals surface area contributed by atoms with Crippen LogP contribution < -0.4 is 10.6 Å². The lowest BCUT2D eigenvalue weighted by atomic mass is 10.0. The van der Waals surface area contributed by atoms with Crippen LogP contribution in [-0.4, -0.2) is 23.4 Å². The number of carbonyl (C=O) groups excluding carboxylic acids is 2. The third kappa shape index (κ3) is 4.50. The molecule has 0 unspecified atom stereocenters. The van der Waals surface area contributed by atoms with Gasteiger partial charge in [0.2, 0.25) is 11.8 Å². The minimum Gasteiger partial charge on any atom is -0.352 e. The predicted molar refractivity (Wildman–Crippen MR) is 51.2 cm³/mol. The molecule has 0 radical (unpaired) electrons. The lowest BCUT2D eigenvalue weighted by Gasteiger charge is -2.25. The van der Waals surface area contributed by atoms with Crippen molar-refractivity contribution < 1.29 is 9.59 Å². The topological polar surface area (TPSA) is 58.2 Å². The normalized spacial score (nSPS) is 11.2. The zero-order chi connectivity index (χ0) is 10.6. The van der Waals surface area contributed by atoms with Crippen LogP contribution >= 0.6 is 0 Å². The molecule has 0 heterocycles. The van der Waals surface area contributed by atoms with Gasteiger partial charge in [-0.1, -0.05) is 0 Å². The molecule has 0 aliphatic heterocycles. The van der Waals surface area contributed by atoms with Crippen LogP contribution in [-0.2, 0) is 9.59 Å². The van der Waals surface area contributed by atoms with Gasteiger partial charge in [0.05, 0.1) is 0 Å². The van der Waals surface area contributed by atoms with Crippen molar-refractivity contribution in [3.8, 4) is 0 Å². The summed E-state index contributed by atoms with van der Waals surface area (Å²) in [7, 11) is 0. The van der Waals surface area contributed by atoms with Crippen LogP contribution in [0.4, 0.5) is 0 Å². The number of amides is 2. The van der Waals surface area contributed by atoms with Crippen molar-refractivity contribution in [2.75, 3.05) is 0 Å². The molecule has 0 saturated heterocycles. The van der Waals surface area contributed by atoms with Gasteiger partial charge in [0, 0.05) is 13.0 Å². The molecule has 0 bridgehead atoms. The maximum atomic E-state index is 11.5. The van der Waals surface area contributed by atoms with E-state index in [1.165, 1.54) is 6.92 Å². The number of rotatable bonds is 3. The average Bonchev–Trinajstić information content (AvgIpc) is 1.81. The second-order valence-electron chi connectivity index (χ2n) is 3.93. The Bertz CT molecular complexity index is 210. The number of hydrogen-bond acceptors (Lipinski definition) is 2. The van der Waals surface area contributed by atoms with Crippen molar-refractivity contribution in [1.29, 1.82) is 0 Å². The maximum absolute atomic E-state index is 11.5. The lowest BCUT2D eigenvalue weighted by molar-refractivity contribution is -0.131. The van der Waals surface area contributed by atoms with Crippen LogP contribution in [0.25, 0.3) is 0 Å². The van der Waals surface area contributed by atoms with Crippen molar-refractivity contribution in [3.05, 3.63) is 0 Å². The van der Waals surface area contributed by atoms with Gasteiger partial charge < -0.3 is 10.6 Å². The molecule has 0 aliphatic carbocycles. The predicted octanol–water partition coefficient (Wildman–Crippen LogP) is 0.426. The van der Waals surface area contributed by atoms with Crippen LogP contribution in [0, 0.1) is 0 Å². The average molecular weight is 186 g/mol. The van der Waals surface area contributed by atoms with Crippen LogP contribution in [0.3, 0.4) is 0 Å². The SMILES string of the molecule is CC(=O)NC(C)(C)C(=O)NC(C)C. The van der Waals surface area contributed by atoms with Crippen molar-refractivity contribution in [2.45, 2.75) is 46.2 Å². The Morgan fingerprint density at radius 2 is 1.69 bits per heavy atom. The lowest BCUT2D eigenvalue weighted by Crippen LogP contribution is -2.55. The summed E-state index contributed by atoms with van der Waals surface area (Å²) in [5, 5.41) is 5.31. The molecule has 76 valence electrons. The van der Waals surface area contributed by atoms with E-state index in [4.69, 9.17) is 0 Å². The molecule has 0 fully saturated rings. The summed E-state index contributed by atoms with van der Waals surface area (Å²) in [6.07, 6.45) is 0. The van der Waals surface area contributed by atoms with E-state index in [0.29, 0.717) is 0 Å². The molecule has 0 aromatic carbocycles. The zero-order valence-corrected chi connectivity index (χ0v) is 8.89. The smallest absolute Gasteiger partial charge is 0.245 e. The molecule has 4 nitrogen and oxygen atoms in total. The Hall–Kier alpha value is -1.06. The van der Waals surface area contributed by atoms with E-state index in [1.807, 2.05) is 13.8 Å². The fraction of sp³-hybridized carbons (Fsp3) is 0.778. The second kappa shape index (κ2) is 4.25. The highest BCUT2D eigenvalue weighted by molar-refractivity contribution is 5.90. The van der Waals surface area contributed by atoms with Crippen LogP contribution in [0.2, 0.25) is 0 Å². The summed E-state index contributed by atoms with van der Waals surface area (Å²) in [6, 6.07) is 0.0838. The first kappa shape index (κ1) is 11.9. The summed E-state index contributed by atoms with van der Waals surface area (Å²) in [5.41, 5.74) is -0.837. The van der Waals surface area contributed by atoms with E-state index >= 15 is 0 Å². The Morgan fingerprint density at radius 1 is 1.23 bits per heavy atom. The molecular formula is C9H18N2O2. The molecular weight excluding hydrogens is 168 g/mol. The molecule has 0 atom stereocenters. The van der Waals surface area contributed by atoms with E-state index < -0.39 is 5.54 Å². The van der Waals surface area contributed by atoms with Gasteiger partial charge in [-0.25, -0.2) is 0 Å². The molecule has 0 saturated carbocycles. The van der Waals surface area contributed by atoms with Gasteiger partial charge in [-0.15, -0.1) is 0 Å². The van der Waals surface area contributed by atoms with Gasteiger partial charge in [0.1, 0.15) is 5.54 Å². The molecule has 2 amide bonds. The molecule has 13 heavy (non-hydrogen) atoms. The fourth-order valence-electron chi connectivity index (χ4n) is 0.939. The number of carbonyl (C=O) groups is 2. The number of nitrogens with one attached hydrogen (secondary N) is 2. The van der Waals surface area contributed by atoms with Gasteiger partial charge in [0.25, 0.3) is 0 Å². The van der Waals surface area contributed by atoms with Crippen molar-refractivity contribution in [3.63, 3.8) is 0 Å². The van der Waals surface area contributed by atoms with E-state index in [1.54, 1.807) is 13.8 Å². The molecule has 0 spiro atoms. The highest BCUT2D eigenvalue weighted by atomic mass is 16.2. The van der Waals surface area contributed by atoms with E-state index in [2.05, 4.69) is 10.6 Å². The molecule has 0 aromatic heterocycles. The van der Waals surface area contributed by atoms with Crippen molar-refractivity contribution in [1.82, 2.24) is 10.6 Å². The third-order valence-corrected chi connectivity index (χ3v) is 1.48. The third-order valence-electron chi connectivity index (χ3n) is 1.48. The molecule has 0 aromatic rings. The summed E-state index contributed by atoms with van der Waals surface area (Å²) in [6.45, 7) is 8.49. The molecule has 0 rings (SSSR count). The maximum Gasteiger partial charge on any atom is 0.245 e. The minimum atomic E-state index is -0.837. The zero-order valence-electron chi connectivity index (χ0n) is 8.89. The van der Waals surface area contributed by atoms with Gasteiger partial charge >= 0.3 is 0 Å². The highest BCUT2D eigenvalue weighted by Crippen LogP contribution is 2.02. The Morgan fingerprint density at radius 3 is 2.00 bits per heavy atom. The Kier molecular flexibility index (Phi) is 3.91. The van der Waals surface area contributed by atoms with Crippen LogP contribution in [0.5, 0.6) is 0 Å². The minimum absolute atomic E-state index is 0.0838. The molecule has 2 N–H and O–H groups in total. The van der Waals surface area contributed by atoms with E-state index in [-0.39, 0.29) is 17.9 Å². The van der Waals surface area contributed by atoms with Gasteiger partial charge in [-0.2, -0.15) is 0 Å². The summed E-state index contributed by atoms with van der Waals surface area (Å²) < 4.78 is 0. The summed E-state index contributed by atoms with van der Waals surface area (Å²) in [5.74, 6) is -0.374. The highest BCUT2D eigenvalue weighted by Gasteiger charge is 2.28. The van der Waals surface area contributed by atoms with Crippen molar-refractivity contribution >= 4 is 11.8 Å². The quantitative estimate of drug-likeness (QED) is 0.671. The summed E-state index contributed by atoms with van der Waals surface area (Å²) >= 11 is 0. The fourth-order valence-corrected chi connectivity index (χ4v) is 0.939. The van der Waals surface area contributed by atoms with Crippen LogP contribution in [0.15, 0.2) is 0 Å². The standard InChI is InChI=1S/C9H18N2O2/c1-6(2)10-8(13)9(4,5)11-7(3)12/h6H,1-5H3,(H,10,13)(H,11,12). The Balaban J connectivity index is 4.27. The second-order valence-corrected chi connectivity index (χ2v) is 3.93. The van der Waals surface area contributed by atoms with Crippen LogP contribution in [0.1, 0.15) is 34.6 Å². The first-order valence-corrected chi connectivity index (χ1v) is 4.35.